The summed E-state index contributed by atoms with van der Waals surface area (Å²) in [5.74, 6) is 0.364. The first kappa shape index (κ1) is 11.9. The van der Waals surface area contributed by atoms with Crippen LogP contribution in [0.15, 0.2) is 52.9 Å². The topological polar surface area (TPSA) is 33.4 Å². The van der Waals surface area contributed by atoms with Gasteiger partial charge in [-0.05, 0) is 30.7 Å². The monoisotopic (exact) mass is 256 g/mol. The van der Waals surface area contributed by atoms with Gasteiger partial charge in [-0.25, -0.2) is 4.39 Å². The Labute approximate surface area is 110 Å². The van der Waals surface area contributed by atoms with E-state index in [9.17, 15) is 9.50 Å². The molecule has 3 heteroatoms. The third-order valence-corrected chi connectivity index (χ3v) is 3.28. The molecule has 1 atom stereocenters. The molecular formula is C16H13FO2. The van der Waals surface area contributed by atoms with E-state index in [0.29, 0.717) is 11.3 Å². The lowest BCUT2D eigenvalue weighted by Crippen LogP contribution is -2.00. The molecule has 3 rings (SSSR count). The first-order valence-electron chi connectivity index (χ1n) is 6.08. The summed E-state index contributed by atoms with van der Waals surface area (Å²) in [6.45, 7) is 1.82. The largest absolute Gasteiger partial charge is 0.461 e. The maximum atomic E-state index is 12.9. The van der Waals surface area contributed by atoms with Crippen molar-refractivity contribution in [2.75, 3.05) is 0 Å². The van der Waals surface area contributed by atoms with Gasteiger partial charge in [0.2, 0.25) is 0 Å². The van der Waals surface area contributed by atoms with E-state index in [1.165, 1.54) is 12.1 Å². The predicted octanol–water partition coefficient (Wildman–Crippen LogP) is 3.96. The molecule has 0 amide bonds. The molecule has 3 aromatic rings. The van der Waals surface area contributed by atoms with Crippen LogP contribution < -0.4 is 0 Å². The molecule has 19 heavy (non-hydrogen) atoms. The molecule has 1 unspecified atom stereocenters. The summed E-state index contributed by atoms with van der Waals surface area (Å²) in [7, 11) is 0. The average Bonchev–Trinajstić information content (AvgIpc) is 2.74. The number of hydrogen-bond acceptors (Lipinski definition) is 2. The van der Waals surface area contributed by atoms with Crippen molar-refractivity contribution in [3.8, 4) is 0 Å². The molecule has 0 aliphatic rings. The molecule has 0 saturated carbocycles. The molecule has 0 fully saturated rings. The van der Waals surface area contributed by atoms with E-state index in [0.717, 1.165) is 16.5 Å². The van der Waals surface area contributed by atoms with Crippen LogP contribution in [0.25, 0.3) is 11.0 Å². The molecule has 0 aliphatic carbocycles. The van der Waals surface area contributed by atoms with Crippen LogP contribution in [-0.4, -0.2) is 5.11 Å². The lowest BCUT2D eigenvalue weighted by atomic mass is 9.99. The minimum absolute atomic E-state index is 0.315. The van der Waals surface area contributed by atoms with Gasteiger partial charge in [0, 0.05) is 10.9 Å². The minimum atomic E-state index is -0.816. The normalized spacial score (nSPS) is 12.8. The number of fused-ring (bicyclic) bond motifs is 1. The van der Waals surface area contributed by atoms with Crippen LogP contribution in [-0.2, 0) is 0 Å². The van der Waals surface area contributed by atoms with E-state index in [1.807, 2.05) is 31.2 Å². The molecule has 96 valence electrons. The van der Waals surface area contributed by atoms with E-state index >= 15 is 0 Å². The molecule has 1 aromatic heterocycles. The highest BCUT2D eigenvalue weighted by Gasteiger charge is 2.19. The van der Waals surface area contributed by atoms with Crippen LogP contribution in [0, 0.1) is 12.7 Å². The zero-order valence-electron chi connectivity index (χ0n) is 10.4. The van der Waals surface area contributed by atoms with Crippen molar-refractivity contribution in [2.45, 2.75) is 13.0 Å². The second-order valence-corrected chi connectivity index (χ2v) is 4.52. The molecular weight excluding hydrogens is 243 g/mol. The first-order valence-corrected chi connectivity index (χ1v) is 6.08. The number of rotatable bonds is 2. The summed E-state index contributed by atoms with van der Waals surface area (Å²) in [5.41, 5.74) is 2.13. The molecule has 0 aliphatic heterocycles. The highest BCUT2D eigenvalue weighted by Crippen LogP contribution is 2.33. The van der Waals surface area contributed by atoms with Crippen LogP contribution in [0.5, 0.6) is 0 Å². The second-order valence-electron chi connectivity index (χ2n) is 4.52. The van der Waals surface area contributed by atoms with Gasteiger partial charge in [0.05, 0.1) is 0 Å². The summed E-state index contributed by atoms with van der Waals surface area (Å²) in [5, 5.41) is 11.4. The Morgan fingerprint density at radius 2 is 1.74 bits per heavy atom. The standard InChI is InChI=1S/C16H13FO2/c1-10-15(13-4-2-3-5-14(13)19-10)16(18)11-6-8-12(17)9-7-11/h2-9,16,18H,1H3. The van der Waals surface area contributed by atoms with Gasteiger partial charge < -0.3 is 9.52 Å². The summed E-state index contributed by atoms with van der Waals surface area (Å²) < 4.78 is 18.6. The van der Waals surface area contributed by atoms with Gasteiger partial charge in [0.25, 0.3) is 0 Å². The molecule has 0 saturated heterocycles. The average molecular weight is 256 g/mol. The van der Waals surface area contributed by atoms with Gasteiger partial charge in [-0.3, -0.25) is 0 Å². The molecule has 2 nitrogen and oxygen atoms in total. The Kier molecular flexibility index (Phi) is 2.84. The van der Waals surface area contributed by atoms with E-state index in [1.54, 1.807) is 12.1 Å². The van der Waals surface area contributed by atoms with Crippen molar-refractivity contribution in [3.63, 3.8) is 0 Å². The maximum Gasteiger partial charge on any atom is 0.134 e. The Morgan fingerprint density at radius 3 is 2.47 bits per heavy atom. The smallest absolute Gasteiger partial charge is 0.134 e. The highest BCUT2D eigenvalue weighted by atomic mass is 19.1. The second kappa shape index (κ2) is 4.52. The lowest BCUT2D eigenvalue weighted by Gasteiger charge is -2.10. The molecule has 0 radical (unpaired) electrons. The highest BCUT2D eigenvalue weighted by molar-refractivity contribution is 5.83. The maximum absolute atomic E-state index is 12.9. The van der Waals surface area contributed by atoms with Gasteiger partial charge in [0.15, 0.2) is 0 Å². The lowest BCUT2D eigenvalue weighted by molar-refractivity contribution is 0.219. The number of benzene rings is 2. The molecule has 1 N–H and O–H groups in total. The van der Waals surface area contributed by atoms with Crippen LogP contribution in [0.1, 0.15) is 23.0 Å². The summed E-state index contributed by atoms with van der Waals surface area (Å²) in [6, 6.07) is 13.4. The van der Waals surface area contributed by atoms with Crippen LogP contribution in [0.4, 0.5) is 4.39 Å². The Morgan fingerprint density at radius 1 is 1.05 bits per heavy atom. The van der Waals surface area contributed by atoms with Crippen molar-refractivity contribution >= 4 is 11.0 Å². The molecule has 0 bridgehead atoms. The van der Waals surface area contributed by atoms with Crippen molar-refractivity contribution < 1.29 is 13.9 Å². The fourth-order valence-electron chi connectivity index (χ4n) is 2.34. The predicted molar refractivity (Wildman–Crippen MR) is 71.4 cm³/mol. The Balaban J connectivity index is 2.13. The summed E-state index contributed by atoms with van der Waals surface area (Å²) in [4.78, 5) is 0. The minimum Gasteiger partial charge on any atom is -0.461 e. The SMILES string of the molecule is Cc1oc2ccccc2c1C(O)c1ccc(F)cc1. The fraction of sp³-hybridized carbons (Fsp3) is 0.125. The Hall–Kier alpha value is -2.13. The summed E-state index contributed by atoms with van der Waals surface area (Å²) in [6.07, 6.45) is -0.816. The van der Waals surface area contributed by atoms with Crippen LogP contribution >= 0.6 is 0 Å². The third-order valence-electron chi connectivity index (χ3n) is 3.28. The number of halogens is 1. The molecule has 0 spiro atoms. The number of hydrogen-bond donors (Lipinski definition) is 1. The fourth-order valence-corrected chi connectivity index (χ4v) is 2.34. The molecule has 2 aromatic carbocycles. The first-order chi connectivity index (χ1) is 9.16. The van der Waals surface area contributed by atoms with Gasteiger partial charge >= 0.3 is 0 Å². The number of para-hydroxylation sites is 1. The van der Waals surface area contributed by atoms with Gasteiger partial charge in [-0.2, -0.15) is 0 Å². The van der Waals surface area contributed by atoms with Crippen LogP contribution in [0.3, 0.4) is 0 Å². The number of furan rings is 1. The zero-order chi connectivity index (χ0) is 13.4. The molecule has 1 heterocycles. The van der Waals surface area contributed by atoms with Crippen molar-refractivity contribution in [2.24, 2.45) is 0 Å². The Bertz CT molecular complexity index is 713. The van der Waals surface area contributed by atoms with Crippen molar-refractivity contribution in [3.05, 3.63) is 71.2 Å². The van der Waals surface area contributed by atoms with Crippen LogP contribution in [0.2, 0.25) is 0 Å². The number of aryl methyl sites for hydroxylation is 1. The zero-order valence-corrected chi connectivity index (χ0v) is 10.4. The van der Waals surface area contributed by atoms with Gasteiger partial charge in [-0.1, -0.05) is 30.3 Å². The van der Waals surface area contributed by atoms with E-state index in [2.05, 4.69) is 0 Å². The third kappa shape index (κ3) is 2.02. The van der Waals surface area contributed by atoms with E-state index < -0.39 is 6.10 Å². The van der Waals surface area contributed by atoms with E-state index in [-0.39, 0.29) is 5.82 Å². The van der Waals surface area contributed by atoms with Crippen molar-refractivity contribution in [1.29, 1.82) is 0 Å². The number of aliphatic hydroxyl groups excluding tert-OH is 1. The van der Waals surface area contributed by atoms with Gasteiger partial charge in [0.1, 0.15) is 23.3 Å². The quantitative estimate of drug-likeness (QED) is 0.752. The van der Waals surface area contributed by atoms with Gasteiger partial charge in [-0.15, -0.1) is 0 Å². The van der Waals surface area contributed by atoms with E-state index in [4.69, 9.17) is 4.42 Å². The van der Waals surface area contributed by atoms with Crippen molar-refractivity contribution in [1.82, 2.24) is 0 Å². The summed E-state index contributed by atoms with van der Waals surface area (Å²) >= 11 is 0. The number of aliphatic hydroxyl groups is 1.